The molecule has 0 saturated heterocycles. The highest BCUT2D eigenvalue weighted by molar-refractivity contribution is 6.12. The van der Waals surface area contributed by atoms with E-state index in [1.165, 1.54) is 18.5 Å². The van der Waals surface area contributed by atoms with Crippen LogP contribution in [0, 0.1) is 11.6 Å². The van der Waals surface area contributed by atoms with Crippen LogP contribution in [-0.2, 0) is 0 Å². The monoisotopic (exact) mass is 336 g/mol. The zero-order valence-corrected chi connectivity index (χ0v) is 11.8. The van der Waals surface area contributed by atoms with Gasteiger partial charge in [-0.3, -0.25) is 5.10 Å². The second-order valence-corrected chi connectivity index (χ2v) is 4.94. The molecule has 0 fully saturated rings. The molecule has 0 bridgehead atoms. The molecule has 0 atom stereocenters. The number of benzene rings is 1. The average molecular weight is 336 g/mol. The summed E-state index contributed by atoms with van der Waals surface area (Å²) < 4.78 is 54.8. The highest BCUT2D eigenvalue weighted by Crippen LogP contribution is 2.38. The van der Waals surface area contributed by atoms with Crippen molar-refractivity contribution in [3.8, 4) is 11.3 Å². The molecule has 4 rings (SSSR count). The third-order valence-electron chi connectivity index (χ3n) is 3.53. The summed E-state index contributed by atoms with van der Waals surface area (Å²) in [6.07, 6.45) is 2.54. The molecule has 1 aromatic carbocycles. The maximum Gasteiger partial charge on any atom is 0.335 e. The minimum Gasteiger partial charge on any atom is -0.336 e. The quantitative estimate of drug-likeness (QED) is 0.704. The number of nitrogens with zero attached hydrogens (tertiary/aromatic N) is 4. The first-order valence-corrected chi connectivity index (χ1v) is 6.75. The lowest BCUT2D eigenvalue weighted by atomic mass is 10.1. The number of hydrogen-bond acceptors (Lipinski definition) is 4. The van der Waals surface area contributed by atoms with Crippen molar-refractivity contribution in [2.75, 3.05) is 5.32 Å². The van der Waals surface area contributed by atoms with E-state index in [1.807, 2.05) is 0 Å². The summed E-state index contributed by atoms with van der Waals surface area (Å²) in [4.78, 5) is 4.00. The van der Waals surface area contributed by atoms with Gasteiger partial charge in [0.15, 0.2) is 5.82 Å². The van der Waals surface area contributed by atoms with Gasteiger partial charge in [0, 0.05) is 0 Å². The van der Waals surface area contributed by atoms with Crippen molar-refractivity contribution in [3.63, 3.8) is 0 Å². The van der Waals surface area contributed by atoms with Crippen molar-refractivity contribution >= 4 is 17.3 Å². The van der Waals surface area contributed by atoms with E-state index in [1.54, 1.807) is 0 Å². The molecule has 24 heavy (non-hydrogen) atoms. The molecule has 1 aliphatic rings. The Morgan fingerprint density at radius 1 is 1.08 bits per heavy atom. The molecule has 0 radical (unpaired) electrons. The molecule has 0 saturated carbocycles. The van der Waals surface area contributed by atoms with Crippen molar-refractivity contribution in [3.05, 3.63) is 47.8 Å². The van der Waals surface area contributed by atoms with Gasteiger partial charge in [-0.1, -0.05) is 6.07 Å². The summed E-state index contributed by atoms with van der Waals surface area (Å²) in [6.45, 7) is -2.96. The summed E-state index contributed by atoms with van der Waals surface area (Å²) in [5.41, 5.74) is 0.456. The molecule has 0 amide bonds. The fourth-order valence-electron chi connectivity index (χ4n) is 2.48. The van der Waals surface area contributed by atoms with Gasteiger partial charge in [0.2, 0.25) is 0 Å². The molecule has 0 aliphatic carbocycles. The number of anilines is 1. The first-order chi connectivity index (χ1) is 11.6. The first kappa shape index (κ1) is 14.4. The predicted octanol–water partition coefficient (Wildman–Crippen LogP) is 3.45. The third-order valence-corrected chi connectivity index (χ3v) is 3.53. The van der Waals surface area contributed by atoms with E-state index in [2.05, 4.69) is 25.6 Å². The van der Waals surface area contributed by atoms with Crippen molar-refractivity contribution in [1.29, 1.82) is 0 Å². The number of halogens is 4. The van der Waals surface area contributed by atoms with E-state index < -0.39 is 23.7 Å². The maximum absolute atomic E-state index is 14.1. The van der Waals surface area contributed by atoms with Crippen LogP contribution in [0.25, 0.3) is 11.3 Å². The van der Waals surface area contributed by atoms with Crippen molar-refractivity contribution in [2.45, 2.75) is 6.55 Å². The van der Waals surface area contributed by atoms with Gasteiger partial charge < -0.3 is 5.32 Å². The van der Waals surface area contributed by atoms with E-state index in [4.69, 9.17) is 0 Å². The minimum atomic E-state index is -2.96. The second kappa shape index (κ2) is 5.18. The van der Waals surface area contributed by atoms with Crippen LogP contribution < -0.4 is 5.32 Å². The number of hydrogen-bond donors (Lipinski definition) is 2. The van der Waals surface area contributed by atoms with E-state index in [-0.39, 0.29) is 17.2 Å². The summed E-state index contributed by atoms with van der Waals surface area (Å²) in [6, 6.07) is 3.30. The van der Waals surface area contributed by atoms with Gasteiger partial charge in [-0.15, -0.1) is 0 Å². The van der Waals surface area contributed by atoms with E-state index >= 15 is 0 Å². The number of nitrogens with one attached hydrogen (secondary N) is 2. The number of H-pyrrole nitrogens is 1. The normalized spacial score (nSPS) is 13.1. The lowest BCUT2D eigenvalue weighted by Gasteiger charge is -2.10. The Bertz CT molecular complexity index is 938. The Kier molecular flexibility index (Phi) is 3.12. The van der Waals surface area contributed by atoms with Crippen molar-refractivity contribution < 1.29 is 17.6 Å². The van der Waals surface area contributed by atoms with Crippen molar-refractivity contribution in [1.82, 2.24) is 20.0 Å². The first-order valence-electron chi connectivity index (χ1n) is 6.75. The van der Waals surface area contributed by atoms with E-state index in [0.29, 0.717) is 16.1 Å². The molecule has 0 spiro atoms. The summed E-state index contributed by atoms with van der Waals surface area (Å²) in [5, 5.41) is 12.8. The largest absolute Gasteiger partial charge is 0.336 e. The molecule has 6 nitrogen and oxygen atoms in total. The molecule has 2 N–H and O–H groups in total. The lowest BCUT2D eigenvalue weighted by molar-refractivity contribution is 0.0586. The number of aliphatic imine (C=N–C) groups is 1. The number of amidine groups is 1. The molecular formula is C14H8F4N6. The highest BCUT2D eigenvalue weighted by Gasteiger charge is 2.27. The molecule has 3 heterocycles. The van der Waals surface area contributed by atoms with Gasteiger partial charge in [-0.25, -0.2) is 13.8 Å². The minimum absolute atomic E-state index is 0.238. The van der Waals surface area contributed by atoms with Crippen LogP contribution in [-0.4, -0.2) is 25.8 Å². The maximum atomic E-state index is 14.1. The number of fused-ring (bicyclic) bond motifs is 3. The van der Waals surface area contributed by atoms with Crippen LogP contribution >= 0.6 is 0 Å². The molecule has 1 aliphatic heterocycles. The van der Waals surface area contributed by atoms with Crippen molar-refractivity contribution in [2.24, 2.45) is 4.99 Å². The number of aromatic nitrogens is 4. The van der Waals surface area contributed by atoms with Gasteiger partial charge in [0.05, 0.1) is 34.9 Å². The zero-order valence-electron chi connectivity index (χ0n) is 11.8. The molecule has 122 valence electrons. The van der Waals surface area contributed by atoms with Crippen LogP contribution in [0.1, 0.15) is 12.1 Å². The number of alkyl halides is 2. The molecule has 2 aromatic heterocycles. The summed E-state index contributed by atoms with van der Waals surface area (Å²) in [7, 11) is 0. The van der Waals surface area contributed by atoms with Crippen LogP contribution in [0.5, 0.6) is 0 Å². The van der Waals surface area contributed by atoms with Gasteiger partial charge in [0.25, 0.3) is 0 Å². The Labute approximate surface area is 131 Å². The van der Waals surface area contributed by atoms with E-state index in [9.17, 15) is 17.6 Å². The fraction of sp³-hybridized carbons (Fsp3) is 0.0714. The molecule has 3 aromatic rings. The SMILES string of the molecule is Fc1cccc(F)c1C1=Nc2c(cnn2C(F)F)-c2[nH]ncc2N1. The fourth-order valence-corrected chi connectivity index (χ4v) is 2.48. The average Bonchev–Trinajstić information content (AvgIpc) is 3.11. The molecular weight excluding hydrogens is 328 g/mol. The number of rotatable bonds is 2. The lowest BCUT2D eigenvalue weighted by Crippen LogP contribution is -2.17. The van der Waals surface area contributed by atoms with Crippen LogP contribution in [0.4, 0.5) is 29.1 Å². The second-order valence-electron chi connectivity index (χ2n) is 4.94. The highest BCUT2D eigenvalue weighted by atomic mass is 19.3. The van der Waals surface area contributed by atoms with Gasteiger partial charge >= 0.3 is 6.55 Å². The Morgan fingerprint density at radius 3 is 2.54 bits per heavy atom. The smallest absolute Gasteiger partial charge is 0.335 e. The molecule has 10 heteroatoms. The summed E-state index contributed by atoms with van der Waals surface area (Å²) >= 11 is 0. The van der Waals surface area contributed by atoms with Gasteiger partial charge in [-0.2, -0.15) is 23.7 Å². The Balaban J connectivity index is 2.00. The van der Waals surface area contributed by atoms with Crippen LogP contribution in [0.2, 0.25) is 0 Å². The van der Waals surface area contributed by atoms with Crippen LogP contribution in [0.3, 0.4) is 0 Å². The topological polar surface area (TPSA) is 70.9 Å². The summed E-state index contributed by atoms with van der Waals surface area (Å²) in [5.74, 6) is -2.25. The third kappa shape index (κ3) is 2.07. The van der Waals surface area contributed by atoms with E-state index in [0.717, 1.165) is 12.1 Å². The predicted molar refractivity (Wildman–Crippen MR) is 77.2 cm³/mol. The zero-order chi connectivity index (χ0) is 16.8. The Hall–Kier alpha value is -3.17. The Morgan fingerprint density at radius 2 is 1.83 bits per heavy atom. The van der Waals surface area contributed by atoms with Gasteiger partial charge in [0.1, 0.15) is 17.5 Å². The number of aromatic amines is 1. The molecule has 0 unspecified atom stereocenters. The van der Waals surface area contributed by atoms with Gasteiger partial charge in [-0.05, 0) is 12.1 Å². The standard InChI is InChI=1S/C14H8F4N6/c15-7-2-1-3-8(16)10(7)12-21-9-5-19-23-11(9)6-4-20-24(14(17)18)13(6)22-12/h1-5,14H,(H,19,23)(H,21,22). The van der Waals surface area contributed by atoms with Crippen LogP contribution in [0.15, 0.2) is 35.6 Å².